The van der Waals surface area contributed by atoms with Gasteiger partial charge in [0.1, 0.15) is 11.4 Å². The van der Waals surface area contributed by atoms with E-state index in [4.69, 9.17) is 4.74 Å². The quantitative estimate of drug-likeness (QED) is 0.286. The molecule has 0 aromatic heterocycles. The first-order valence-electron chi connectivity index (χ1n) is 7.95. The van der Waals surface area contributed by atoms with Crippen LogP contribution in [0.4, 0.5) is 13.2 Å². The SMILES string of the molecule is C/C(=C\CC(=O)c1ccc(OC(C)(C)CC(C)(C)Br)cc1)C(F)(F)F. The van der Waals surface area contributed by atoms with Gasteiger partial charge in [0.15, 0.2) is 5.78 Å². The van der Waals surface area contributed by atoms with Crippen LogP contribution in [0.2, 0.25) is 0 Å². The number of alkyl halides is 4. The van der Waals surface area contributed by atoms with Crippen molar-refractivity contribution >= 4 is 21.7 Å². The minimum atomic E-state index is -4.40. The summed E-state index contributed by atoms with van der Waals surface area (Å²) in [6.07, 6.45) is -3.00. The molecule has 0 fully saturated rings. The maximum Gasteiger partial charge on any atom is 0.412 e. The van der Waals surface area contributed by atoms with Gasteiger partial charge in [0.05, 0.1) is 0 Å². The number of hydrogen-bond acceptors (Lipinski definition) is 2. The Morgan fingerprint density at radius 2 is 1.64 bits per heavy atom. The lowest BCUT2D eigenvalue weighted by molar-refractivity contribution is -0.0915. The van der Waals surface area contributed by atoms with E-state index < -0.39 is 17.4 Å². The zero-order valence-electron chi connectivity index (χ0n) is 15.1. The predicted octanol–water partition coefficient (Wildman–Crippen LogP) is 6.49. The van der Waals surface area contributed by atoms with Gasteiger partial charge >= 0.3 is 6.18 Å². The summed E-state index contributed by atoms with van der Waals surface area (Å²) < 4.78 is 43.2. The lowest BCUT2D eigenvalue weighted by Crippen LogP contribution is -2.34. The van der Waals surface area contributed by atoms with Gasteiger partial charge in [0, 0.05) is 28.3 Å². The molecule has 0 bridgehead atoms. The Labute approximate surface area is 155 Å². The fourth-order valence-electron chi connectivity index (χ4n) is 2.56. The zero-order valence-corrected chi connectivity index (χ0v) is 16.7. The van der Waals surface area contributed by atoms with Crippen LogP contribution in [0.3, 0.4) is 0 Å². The molecule has 0 unspecified atom stereocenters. The van der Waals surface area contributed by atoms with Gasteiger partial charge in [-0.25, -0.2) is 0 Å². The number of ether oxygens (including phenoxy) is 1. The highest BCUT2D eigenvalue weighted by atomic mass is 79.9. The summed E-state index contributed by atoms with van der Waals surface area (Å²) in [4.78, 5) is 12.0. The number of benzene rings is 1. The highest BCUT2D eigenvalue weighted by Gasteiger charge is 2.30. The van der Waals surface area contributed by atoms with Crippen LogP contribution in [0.5, 0.6) is 5.75 Å². The molecule has 0 amide bonds. The predicted molar refractivity (Wildman–Crippen MR) is 97.5 cm³/mol. The topological polar surface area (TPSA) is 26.3 Å². The van der Waals surface area contributed by atoms with Crippen molar-refractivity contribution in [3.8, 4) is 5.75 Å². The fraction of sp³-hybridized carbons (Fsp3) is 0.526. The summed E-state index contributed by atoms with van der Waals surface area (Å²) in [7, 11) is 0. The van der Waals surface area contributed by atoms with Crippen LogP contribution >= 0.6 is 15.9 Å². The lowest BCUT2D eigenvalue weighted by atomic mass is 9.96. The third kappa shape index (κ3) is 8.08. The van der Waals surface area contributed by atoms with Crippen LogP contribution in [0.15, 0.2) is 35.9 Å². The highest BCUT2D eigenvalue weighted by molar-refractivity contribution is 9.10. The molecule has 0 N–H and O–H groups in total. The number of hydrogen-bond donors (Lipinski definition) is 0. The Bertz CT molecular complexity index is 624. The van der Waals surface area contributed by atoms with Gasteiger partial charge in [-0.15, -0.1) is 0 Å². The maximum absolute atomic E-state index is 12.4. The average Bonchev–Trinajstić information content (AvgIpc) is 2.40. The van der Waals surface area contributed by atoms with Gasteiger partial charge in [0.2, 0.25) is 0 Å². The molecule has 0 aliphatic heterocycles. The van der Waals surface area contributed by atoms with Crippen molar-refractivity contribution in [2.75, 3.05) is 0 Å². The molecule has 1 rings (SSSR count). The third-order valence-electron chi connectivity index (χ3n) is 3.46. The molecule has 1 aromatic carbocycles. The third-order valence-corrected chi connectivity index (χ3v) is 3.74. The monoisotopic (exact) mass is 420 g/mol. The van der Waals surface area contributed by atoms with E-state index in [1.54, 1.807) is 24.3 Å². The Kier molecular flexibility index (Phi) is 6.90. The number of carbonyl (C=O) groups is 1. The second-order valence-electron chi connectivity index (χ2n) is 7.29. The Balaban J connectivity index is 2.75. The van der Waals surface area contributed by atoms with Crippen LogP contribution in [0, 0.1) is 0 Å². The van der Waals surface area contributed by atoms with Crippen molar-refractivity contribution in [2.24, 2.45) is 0 Å². The minimum absolute atomic E-state index is 0.0743. The van der Waals surface area contributed by atoms with E-state index in [0.29, 0.717) is 11.3 Å². The number of carbonyl (C=O) groups excluding carboxylic acids is 1. The van der Waals surface area contributed by atoms with E-state index in [1.165, 1.54) is 0 Å². The van der Waals surface area contributed by atoms with Crippen LogP contribution in [-0.2, 0) is 0 Å². The fourth-order valence-corrected chi connectivity index (χ4v) is 3.23. The van der Waals surface area contributed by atoms with Gasteiger partial charge in [-0.3, -0.25) is 4.79 Å². The standard InChI is InChI=1S/C19H24BrF3O2/c1-13(19(21,22)23)6-11-16(24)14-7-9-15(10-8-14)25-18(4,5)12-17(2,3)20/h6-10H,11-12H2,1-5H3/b13-6+. The Morgan fingerprint density at radius 1 is 1.12 bits per heavy atom. The molecular weight excluding hydrogens is 397 g/mol. The van der Waals surface area contributed by atoms with Gasteiger partial charge in [-0.05, 0) is 58.9 Å². The molecule has 140 valence electrons. The summed E-state index contributed by atoms with van der Waals surface area (Å²) in [5.41, 5.74) is -0.817. The first-order chi connectivity index (χ1) is 11.2. The van der Waals surface area contributed by atoms with Gasteiger partial charge < -0.3 is 4.74 Å². The van der Waals surface area contributed by atoms with Gasteiger partial charge in [-0.1, -0.05) is 22.0 Å². The largest absolute Gasteiger partial charge is 0.488 e. The van der Waals surface area contributed by atoms with Gasteiger partial charge in [0.25, 0.3) is 0 Å². The molecule has 25 heavy (non-hydrogen) atoms. The molecule has 0 aliphatic rings. The molecule has 6 heteroatoms. The summed E-state index contributed by atoms with van der Waals surface area (Å²) in [5, 5.41) is 0. The van der Waals surface area contributed by atoms with Crippen LogP contribution < -0.4 is 4.74 Å². The van der Waals surface area contributed by atoms with Crippen molar-refractivity contribution in [3.63, 3.8) is 0 Å². The molecule has 0 atom stereocenters. The Morgan fingerprint density at radius 3 is 2.08 bits per heavy atom. The number of rotatable bonds is 7. The number of allylic oxidation sites excluding steroid dienone is 2. The van der Waals surface area contributed by atoms with Crippen molar-refractivity contribution in [1.82, 2.24) is 0 Å². The number of Topliss-reactive ketones (excluding diaryl/α,β-unsaturated/α-hetero) is 1. The summed E-state index contributed by atoms with van der Waals surface area (Å²) in [6.45, 7) is 9.00. The molecule has 0 radical (unpaired) electrons. The molecule has 0 saturated heterocycles. The van der Waals surface area contributed by atoms with Crippen molar-refractivity contribution in [1.29, 1.82) is 0 Å². The van der Waals surface area contributed by atoms with Crippen molar-refractivity contribution in [3.05, 3.63) is 41.5 Å². The van der Waals surface area contributed by atoms with E-state index in [0.717, 1.165) is 19.4 Å². The summed E-state index contributed by atoms with van der Waals surface area (Å²) in [5.74, 6) is 0.247. The van der Waals surface area contributed by atoms with E-state index in [9.17, 15) is 18.0 Å². The first-order valence-corrected chi connectivity index (χ1v) is 8.74. The molecular formula is C19H24BrF3O2. The molecule has 0 aliphatic carbocycles. The summed E-state index contributed by atoms with van der Waals surface area (Å²) >= 11 is 3.59. The molecule has 2 nitrogen and oxygen atoms in total. The van der Waals surface area contributed by atoms with Crippen molar-refractivity contribution in [2.45, 2.75) is 63.6 Å². The van der Waals surface area contributed by atoms with Crippen molar-refractivity contribution < 1.29 is 22.7 Å². The summed E-state index contributed by atoms with van der Waals surface area (Å²) in [6, 6.07) is 6.47. The first kappa shape index (κ1) is 21.7. The van der Waals surface area contributed by atoms with E-state index in [-0.39, 0.29) is 16.5 Å². The Hall–Kier alpha value is -1.30. The molecule has 1 aromatic rings. The molecule has 0 saturated carbocycles. The van der Waals surface area contributed by atoms with E-state index in [1.807, 2.05) is 13.8 Å². The van der Waals surface area contributed by atoms with Crippen LogP contribution in [-0.4, -0.2) is 21.9 Å². The maximum atomic E-state index is 12.4. The molecule has 0 spiro atoms. The lowest BCUT2D eigenvalue weighted by Gasteiger charge is -2.32. The number of halogens is 4. The number of ketones is 1. The normalized spacial score (nSPS) is 13.7. The van der Waals surface area contributed by atoms with Crippen LogP contribution in [0.1, 0.15) is 57.8 Å². The van der Waals surface area contributed by atoms with E-state index in [2.05, 4.69) is 29.8 Å². The van der Waals surface area contributed by atoms with Crippen LogP contribution in [0.25, 0.3) is 0 Å². The van der Waals surface area contributed by atoms with Gasteiger partial charge in [-0.2, -0.15) is 13.2 Å². The molecule has 0 heterocycles. The minimum Gasteiger partial charge on any atom is -0.488 e. The van der Waals surface area contributed by atoms with E-state index >= 15 is 0 Å². The highest BCUT2D eigenvalue weighted by Crippen LogP contribution is 2.31. The second-order valence-corrected chi connectivity index (χ2v) is 9.44. The second kappa shape index (κ2) is 7.94. The smallest absolute Gasteiger partial charge is 0.412 e. The zero-order chi connectivity index (χ0) is 19.5. The average molecular weight is 421 g/mol.